The number of rotatable bonds is 8. The van der Waals surface area contributed by atoms with E-state index in [1.165, 1.54) is 12.0 Å². The van der Waals surface area contributed by atoms with Crippen LogP contribution in [0.25, 0.3) is 5.76 Å². The van der Waals surface area contributed by atoms with Gasteiger partial charge in [-0.25, -0.2) is 0 Å². The number of ether oxygens (including phenoxy) is 3. The van der Waals surface area contributed by atoms with Crippen molar-refractivity contribution in [2.75, 3.05) is 14.2 Å². The number of ketones is 1. The van der Waals surface area contributed by atoms with Gasteiger partial charge in [-0.2, -0.15) is 0 Å². The Morgan fingerprint density at radius 3 is 2.34 bits per heavy atom. The smallest absolute Gasteiger partial charge is 0.295 e. The van der Waals surface area contributed by atoms with E-state index in [1.54, 1.807) is 49.6 Å². The van der Waals surface area contributed by atoms with Gasteiger partial charge in [-0.1, -0.05) is 35.9 Å². The zero-order chi connectivity index (χ0) is 27.6. The molecule has 1 aliphatic heterocycles. The molecule has 1 heterocycles. The molecule has 3 aromatic carbocycles. The molecule has 38 heavy (non-hydrogen) atoms. The summed E-state index contributed by atoms with van der Waals surface area (Å²) in [5.41, 5.74) is 2.36. The first-order chi connectivity index (χ1) is 18.1. The van der Waals surface area contributed by atoms with Crippen molar-refractivity contribution in [1.82, 2.24) is 4.90 Å². The summed E-state index contributed by atoms with van der Waals surface area (Å²) in [6, 6.07) is 16.9. The van der Waals surface area contributed by atoms with Crippen molar-refractivity contribution in [2.24, 2.45) is 0 Å². The van der Waals surface area contributed by atoms with E-state index in [0.717, 1.165) is 11.1 Å². The van der Waals surface area contributed by atoms with Crippen molar-refractivity contribution in [2.45, 2.75) is 39.5 Å². The number of hydrogen-bond donors (Lipinski definition) is 1. The summed E-state index contributed by atoms with van der Waals surface area (Å²) in [5, 5.41) is 11.8. The number of Topliss-reactive ketones (excluding diaryl/α,β-unsaturated/α-hetero) is 1. The van der Waals surface area contributed by atoms with E-state index >= 15 is 0 Å². The van der Waals surface area contributed by atoms with Gasteiger partial charge in [0.2, 0.25) is 0 Å². The number of hydrogen-bond acceptors (Lipinski definition) is 6. The summed E-state index contributed by atoms with van der Waals surface area (Å²) < 4.78 is 16.6. The third kappa shape index (κ3) is 5.34. The first kappa shape index (κ1) is 27.1. The molecule has 1 unspecified atom stereocenters. The topological polar surface area (TPSA) is 85.3 Å². The van der Waals surface area contributed by atoms with Crippen molar-refractivity contribution >= 4 is 29.1 Å². The van der Waals surface area contributed by atoms with E-state index < -0.39 is 17.7 Å². The quantitative estimate of drug-likeness (QED) is 0.214. The molecule has 0 spiro atoms. The minimum atomic E-state index is -0.878. The number of aliphatic hydroxyl groups is 1. The standard InChI is InChI=1S/C30H30ClNO6/c1-17(2)38-22-8-6-7-20(15-22)26-25(27(33)23-13-18(3)14-24(31)29(23)37-5)28(34)30(35)32(26)16-19-9-11-21(36-4)12-10-19/h6-15,17,26,33H,16H2,1-5H3/b27-25+. The van der Waals surface area contributed by atoms with E-state index in [0.29, 0.717) is 17.1 Å². The van der Waals surface area contributed by atoms with Crippen LogP contribution in [0.2, 0.25) is 5.02 Å². The largest absolute Gasteiger partial charge is 0.507 e. The van der Waals surface area contributed by atoms with Gasteiger partial charge in [0.25, 0.3) is 11.7 Å². The van der Waals surface area contributed by atoms with E-state index in [1.807, 2.05) is 39.0 Å². The third-order valence-corrected chi connectivity index (χ3v) is 6.53. The van der Waals surface area contributed by atoms with Gasteiger partial charge in [-0.05, 0) is 73.9 Å². The monoisotopic (exact) mass is 535 g/mol. The molecule has 198 valence electrons. The van der Waals surface area contributed by atoms with Crippen molar-refractivity contribution < 1.29 is 28.9 Å². The molecule has 0 radical (unpaired) electrons. The predicted molar refractivity (Wildman–Crippen MR) is 146 cm³/mol. The third-order valence-electron chi connectivity index (χ3n) is 6.24. The maximum atomic E-state index is 13.5. The predicted octanol–water partition coefficient (Wildman–Crippen LogP) is 6.07. The summed E-state index contributed by atoms with van der Waals surface area (Å²) in [5.74, 6) is -0.399. The Balaban J connectivity index is 1.91. The second-order valence-corrected chi connectivity index (χ2v) is 9.75. The Bertz CT molecular complexity index is 1400. The first-order valence-corrected chi connectivity index (χ1v) is 12.5. The van der Waals surface area contributed by atoms with Crippen LogP contribution in [0.5, 0.6) is 17.2 Å². The molecule has 0 aliphatic carbocycles. The molecule has 1 amide bonds. The van der Waals surface area contributed by atoms with Crippen LogP contribution in [0.1, 0.15) is 42.1 Å². The number of carbonyl (C=O) groups is 2. The van der Waals surface area contributed by atoms with Crippen molar-refractivity contribution in [3.63, 3.8) is 0 Å². The molecule has 0 saturated carbocycles. The number of carbonyl (C=O) groups excluding carboxylic acids is 2. The summed E-state index contributed by atoms with van der Waals surface area (Å²) in [6.45, 7) is 5.78. The van der Waals surface area contributed by atoms with Crippen LogP contribution >= 0.6 is 11.6 Å². The molecular formula is C30H30ClNO6. The van der Waals surface area contributed by atoms with E-state index in [9.17, 15) is 14.7 Å². The van der Waals surface area contributed by atoms with Crippen LogP contribution in [-0.4, -0.2) is 42.0 Å². The SMILES string of the molecule is COc1ccc(CN2C(=O)C(=O)/C(=C(/O)c3cc(C)cc(Cl)c3OC)C2c2cccc(OC(C)C)c2)cc1. The van der Waals surface area contributed by atoms with Crippen molar-refractivity contribution in [3.8, 4) is 17.2 Å². The zero-order valence-electron chi connectivity index (χ0n) is 21.9. The van der Waals surface area contributed by atoms with E-state index in [4.69, 9.17) is 25.8 Å². The molecule has 1 aliphatic rings. The highest BCUT2D eigenvalue weighted by molar-refractivity contribution is 6.46. The molecule has 8 heteroatoms. The van der Waals surface area contributed by atoms with Gasteiger partial charge >= 0.3 is 0 Å². The van der Waals surface area contributed by atoms with Gasteiger partial charge in [-0.3, -0.25) is 9.59 Å². The highest BCUT2D eigenvalue weighted by atomic mass is 35.5. The Kier molecular flexibility index (Phi) is 7.97. The first-order valence-electron chi connectivity index (χ1n) is 12.2. The molecular weight excluding hydrogens is 506 g/mol. The fourth-order valence-corrected chi connectivity index (χ4v) is 4.96. The molecule has 7 nitrogen and oxygen atoms in total. The second-order valence-electron chi connectivity index (χ2n) is 9.34. The van der Waals surface area contributed by atoms with Gasteiger partial charge in [0, 0.05) is 6.54 Å². The van der Waals surface area contributed by atoms with Crippen molar-refractivity contribution in [1.29, 1.82) is 0 Å². The molecule has 3 aromatic rings. The van der Waals surface area contributed by atoms with Crippen LogP contribution in [0.3, 0.4) is 0 Å². The average Bonchev–Trinajstić information content (AvgIpc) is 3.13. The lowest BCUT2D eigenvalue weighted by atomic mass is 9.94. The minimum absolute atomic E-state index is 0.0508. The molecule has 1 N–H and O–H groups in total. The number of halogens is 1. The zero-order valence-corrected chi connectivity index (χ0v) is 22.7. The average molecular weight is 536 g/mol. The lowest BCUT2D eigenvalue weighted by molar-refractivity contribution is -0.140. The van der Waals surface area contributed by atoms with Gasteiger partial charge in [0.15, 0.2) is 0 Å². The maximum absolute atomic E-state index is 13.5. The van der Waals surface area contributed by atoms with Crippen LogP contribution in [0, 0.1) is 6.92 Å². The highest BCUT2D eigenvalue weighted by Gasteiger charge is 2.46. The Hall–Kier alpha value is -3.97. The minimum Gasteiger partial charge on any atom is -0.507 e. The Labute approximate surface area is 227 Å². The fraction of sp³-hybridized carbons (Fsp3) is 0.267. The summed E-state index contributed by atoms with van der Waals surface area (Å²) in [6.07, 6.45) is -0.0744. The molecule has 0 aromatic heterocycles. The number of methoxy groups -OCH3 is 2. The summed E-state index contributed by atoms with van der Waals surface area (Å²) in [7, 11) is 3.01. The Morgan fingerprint density at radius 1 is 1.00 bits per heavy atom. The van der Waals surface area contributed by atoms with Gasteiger partial charge in [-0.15, -0.1) is 0 Å². The normalized spacial score (nSPS) is 16.7. The molecule has 1 fully saturated rings. The number of likely N-dealkylation sites (tertiary alicyclic amines) is 1. The van der Waals surface area contributed by atoms with E-state index in [2.05, 4.69) is 0 Å². The number of aliphatic hydroxyl groups excluding tert-OH is 1. The number of aryl methyl sites for hydroxylation is 1. The van der Waals surface area contributed by atoms with Crippen LogP contribution in [0.4, 0.5) is 0 Å². The summed E-state index contributed by atoms with van der Waals surface area (Å²) >= 11 is 6.39. The second kappa shape index (κ2) is 11.2. The molecule has 0 bridgehead atoms. The highest BCUT2D eigenvalue weighted by Crippen LogP contribution is 2.44. The van der Waals surface area contributed by atoms with Gasteiger partial charge in [0.05, 0.1) is 42.5 Å². The van der Waals surface area contributed by atoms with Gasteiger partial charge in [0.1, 0.15) is 23.0 Å². The lowest BCUT2D eigenvalue weighted by Gasteiger charge is -2.26. The molecule has 1 saturated heterocycles. The summed E-state index contributed by atoms with van der Waals surface area (Å²) in [4.78, 5) is 28.4. The van der Waals surface area contributed by atoms with Gasteiger partial charge < -0.3 is 24.2 Å². The number of benzene rings is 3. The van der Waals surface area contributed by atoms with Crippen molar-refractivity contribution in [3.05, 3.63) is 93.5 Å². The maximum Gasteiger partial charge on any atom is 0.295 e. The van der Waals surface area contributed by atoms with E-state index in [-0.39, 0.29) is 40.3 Å². The van der Waals surface area contributed by atoms with Crippen LogP contribution < -0.4 is 14.2 Å². The number of nitrogens with zero attached hydrogens (tertiary/aromatic N) is 1. The lowest BCUT2D eigenvalue weighted by Crippen LogP contribution is -2.29. The molecule has 4 rings (SSSR count). The van der Waals surface area contributed by atoms with Crippen LogP contribution in [-0.2, 0) is 16.1 Å². The molecule has 1 atom stereocenters. The fourth-order valence-electron chi connectivity index (χ4n) is 4.60. The van der Waals surface area contributed by atoms with Crippen LogP contribution in [0.15, 0.2) is 66.2 Å². The Morgan fingerprint density at radius 2 is 1.71 bits per heavy atom. The number of amides is 1.